The quantitative estimate of drug-likeness (QED) is 0.877. The van der Waals surface area contributed by atoms with Crippen molar-refractivity contribution in [1.82, 2.24) is 10.3 Å². The fraction of sp³-hybridized carbons (Fsp3) is 0.364. The molecule has 1 heterocycles. The van der Waals surface area contributed by atoms with Crippen LogP contribution in [0.4, 0.5) is 13.2 Å². The van der Waals surface area contributed by atoms with E-state index in [0.717, 1.165) is 0 Å². The van der Waals surface area contributed by atoms with Crippen LogP contribution in [0.25, 0.3) is 0 Å². The van der Waals surface area contributed by atoms with Gasteiger partial charge in [-0.2, -0.15) is 13.2 Å². The third-order valence-corrected chi connectivity index (χ3v) is 2.58. The van der Waals surface area contributed by atoms with Gasteiger partial charge in [-0.05, 0) is 25.5 Å². The van der Waals surface area contributed by atoms with Gasteiger partial charge in [0.1, 0.15) is 5.69 Å². The Bertz CT molecular complexity index is 516. The number of aryl methyl sites for hydroxylation is 1. The summed E-state index contributed by atoms with van der Waals surface area (Å²) in [6, 6.07) is 2.99. The number of amides is 1. The van der Waals surface area contributed by atoms with E-state index in [4.69, 9.17) is 5.11 Å². The summed E-state index contributed by atoms with van der Waals surface area (Å²) < 4.78 is 38.1. The number of nitrogens with one attached hydrogen (secondary N) is 1. The Morgan fingerprint density at radius 1 is 1.37 bits per heavy atom. The minimum absolute atomic E-state index is 0.251. The van der Waals surface area contributed by atoms with Crippen molar-refractivity contribution < 1.29 is 27.9 Å². The van der Waals surface area contributed by atoms with Gasteiger partial charge in [-0.1, -0.05) is 6.07 Å². The first kappa shape index (κ1) is 14.9. The third kappa shape index (κ3) is 2.83. The highest BCUT2D eigenvalue weighted by Gasteiger charge is 2.58. The molecule has 0 radical (unpaired) electrons. The number of nitrogens with zero attached hydrogens (tertiary/aromatic N) is 1. The van der Waals surface area contributed by atoms with E-state index in [9.17, 15) is 22.8 Å². The molecule has 1 aromatic rings. The first-order valence-corrected chi connectivity index (χ1v) is 5.14. The molecule has 0 spiro atoms. The van der Waals surface area contributed by atoms with E-state index in [1.165, 1.54) is 30.6 Å². The smallest absolute Gasteiger partial charge is 0.422 e. The molecule has 0 saturated heterocycles. The number of rotatable bonds is 3. The van der Waals surface area contributed by atoms with Gasteiger partial charge in [-0.25, -0.2) is 4.79 Å². The van der Waals surface area contributed by atoms with Gasteiger partial charge in [-0.15, -0.1) is 0 Å². The van der Waals surface area contributed by atoms with Crippen LogP contribution in [0, 0.1) is 6.92 Å². The second kappa shape index (κ2) is 4.87. The maximum Gasteiger partial charge on any atom is 0.422 e. The molecule has 8 heteroatoms. The van der Waals surface area contributed by atoms with E-state index in [1.54, 1.807) is 0 Å². The van der Waals surface area contributed by atoms with Crippen molar-refractivity contribution in [3.05, 3.63) is 29.6 Å². The van der Waals surface area contributed by atoms with Gasteiger partial charge in [-0.3, -0.25) is 9.78 Å². The molecule has 0 aromatic carbocycles. The second-order valence-electron chi connectivity index (χ2n) is 4.05. The van der Waals surface area contributed by atoms with Crippen LogP contribution in [0.5, 0.6) is 0 Å². The lowest BCUT2D eigenvalue weighted by Crippen LogP contribution is -2.62. The molecule has 0 bridgehead atoms. The maximum atomic E-state index is 12.7. The Morgan fingerprint density at radius 3 is 2.37 bits per heavy atom. The number of carboxylic acid groups (broad SMARTS) is 1. The summed E-state index contributed by atoms with van der Waals surface area (Å²) in [5.74, 6) is -3.39. The van der Waals surface area contributed by atoms with Crippen LogP contribution in [-0.2, 0) is 4.79 Å². The number of aromatic nitrogens is 1. The largest absolute Gasteiger partial charge is 0.479 e. The van der Waals surface area contributed by atoms with Crippen LogP contribution in [-0.4, -0.2) is 33.7 Å². The summed E-state index contributed by atoms with van der Waals surface area (Å²) in [5, 5.41) is 10.1. The Hall–Kier alpha value is -2.12. The SMILES string of the molecule is Cc1cccnc1C(=O)NC(C)(C(=O)O)C(F)(F)F. The fourth-order valence-electron chi connectivity index (χ4n) is 1.26. The first-order chi connectivity index (χ1) is 8.59. The van der Waals surface area contributed by atoms with Crippen molar-refractivity contribution in [2.24, 2.45) is 0 Å². The van der Waals surface area contributed by atoms with Crippen molar-refractivity contribution in [3.8, 4) is 0 Å². The van der Waals surface area contributed by atoms with Crippen LogP contribution in [0.1, 0.15) is 23.0 Å². The minimum Gasteiger partial charge on any atom is -0.479 e. The normalized spacial score (nSPS) is 14.6. The summed E-state index contributed by atoms with van der Waals surface area (Å²) in [4.78, 5) is 26.1. The molecule has 19 heavy (non-hydrogen) atoms. The third-order valence-electron chi connectivity index (χ3n) is 2.58. The molecule has 0 fully saturated rings. The van der Waals surface area contributed by atoms with Gasteiger partial charge in [0.15, 0.2) is 0 Å². The Balaban J connectivity index is 3.10. The monoisotopic (exact) mass is 276 g/mol. The van der Waals surface area contributed by atoms with Gasteiger partial charge in [0.05, 0.1) is 0 Å². The highest BCUT2D eigenvalue weighted by Crippen LogP contribution is 2.30. The number of alkyl halides is 3. The lowest BCUT2D eigenvalue weighted by atomic mass is 10.0. The lowest BCUT2D eigenvalue weighted by Gasteiger charge is -2.28. The van der Waals surface area contributed by atoms with E-state index in [2.05, 4.69) is 4.98 Å². The summed E-state index contributed by atoms with van der Waals surface area (Å²) in [6.45, 7) is 1.86. The highest BCUT2D eigenvalue weighted by atomic mass is 19.4. The zero-order valence-corrected chi connectivity index (χ0v) is 10.1. The van der Waals surface area contributed by atoms with Crippen molar-refractivity contribution in [2.75, 3.05) is 0 Å². The molecule has 1 rings (SSSR count). The molecular formula is C11H11F3N2O3. The van der Waals surface area contributed by atoms with Crippen LogP contribution >= 0.6 is 0 Å². The number of aliphatic carboxylic acids is 1. The van der Waals surface area contributed by atoms with Gasteiger partial charge in [0, 0.05) is 6.20 Å². The number of carbonyl (C=O) groups excluding carboxylic acids is 1. The predicted molar refractivity (Wildman–Crippen MR) is 58.5 cm³/mol. The zero-order chi connectivity index (χ0) is 14.8. The molecule has 5 nitrogen and oxygen atoms in total. The van der Waals surface area contributed by atoms with Crippen molar-refractivity contribution in [1.29, 1.82) is 0 Å². The van der Waals surface area contributed by atoms with Crippen molar-refractivity contribution >= 4 is 11.9 Å². The van der Waals surface area contributed by atoms with Crippen molar-refractivity contribution in [3.63, 3.8) is 0 Å². The van der Waals surface area contributed by atoms with Gasteiger partial charge < -0.3 is 10.4 Å². The summed E-state index contributed by atoms with van der Waals surface area (Å²) in [6.07, 6.45) is -3.90. The van der Waals surface area contributed by atoms with Crippen LogP contribution in [0.3, 0.4) is 0 Å². The average molecular weight is 276 g/mol. The van der Waals surface area contributed by atoms with E-state index in [0.29, 0.717) is 12.5 Å². The van der Waals surface area contributed by atoms with E-state index >= 15 is 0 Å². The van der Waals surface area contributed by atoms with Gasteiger partial charge in [0.25, 0.3) is 5.91 Å². The first-order valence-electron chi connectivity index (χ1n) is 5.14. The molecule has 0 saturated carbocycles. The van der Waals surface area contributed by atoms with E-state index < -0.39 is 23.6 Å². The Labute approximate surface area is 106 Å². The molecule has 1 aromatic heterocycles. The maximum absolute atomic E-state index is 12.7. The van der Waals surface area contributed by atoms with Gasteiger partial charge >= 0.3 is 12.1 Å². The topological polar surface area (TPSA) is 79.3 Å². The molecule has 104 valence electrons. The zero-order valence-electron chi connectivity index (χ0n) is 10.1. The summed E-state index contributed by atoms with van der Waals surface area (Å²) >= 11 is 0. The Morgan fingerprint density at radius 2 is 1.95 bits per heavy atom. The standard InChI is InChI=1S/C11H11F3N2O3/c1-6-4-3-5-15-7(6)8(17)16-10(2,9(18)19)11(12,13)14/h3-5H,1-2H3,(H,16,17)(H,18,19). The second-order valence-corrected chi connectivity index (χ2v) is 4.05. The van der Waals surface area contributed by atoms with E-state index in [1.807, 2.05) is 0 Å². The molecular weight excluding hydrogens is 265 g/mol. The number of pyridine rings is 1. The van der Waals surface area contributed by atoms with Crippen LogP contribution in [0.15, 0.2) is 18.3 Å². The predicted octanol–water partition coefficient (Wildman–Crippen LogP) is 1.53. The number of carboxylic acids is 1. The minimum atomic E-state index is -5.13. The molecule has 1 amide bonds. The molecule has 2 N–H and O–H groups in total. The molecule has 0 aliphatic heterocycles. The summed E-state index contributed by atoms with van der Waals surface area (Å²) in [7, 11) is 0. The van der Waals surface area contributed by atoms with Gasteiger partial charge in [0.2, 0.25) is 5.54 Å². The number of halogens is 3. The molecule has 1 unspecified atom stereocenters. The molecule has 0 aliphatic rings. The highest BCUT2D eigenvalue weighted by molar-refractivity contribution is 5.97. The van der Waals surface area contributed by atoms with Crippen molar-refractivity contribution in [2.45, 2.75) is 25.6 Å². The number of hydrogen-bond donors (Lipinski definition) is 2. The molecule has 0 aliphatic carbocycles. The fourth-order valence-corrected chi connectivity index (χ4v) is 1.26. The molecule has 1 atom stereocenters. The van der Waals surface area contributed by atoms with Crippen LogP contribution in [0.2, 0.25) is 0 Å². The number of hydrogen-bond acceptors (Lipinski definition) is 3. The Kier molecular flexibility index (Phi) is 3.83. The summed E-state index contributed by atoms with van der Waals surface area (Å²) in [5.41, 5.74) is -3.28. The lowest BCUT2D eigenvalue weighted by molar-refractivity contribution is -0.203. The van der Waals surface area contributed by atoms with Crippen LogP contribution < -0.4 is 5.32 Å². The van der Waals surface area contributed by atoms with E-state index in [-0.39, 0.29) is 5.69 Å². The number of carbonyl (C=O) groups is 2. The average Bonchev–Trinajstić information content (AvgIpc) is 2.27.